The first-order chi connectivity index (χ1) is 14.0. The Morgan fingerprint density at radius 3 is 2.90 bits per heavy atom. The number of benzene rings is 1. The first-order valence-corrected chi connectivity index (χ1v) is 10.5. The lowest BCUT2D eigenvalue weighted by molar-refractivity contribution is 0.0605. The van der Waals surface area contributed by atoms with E-state index in [4.69, 9.17) is 5.10 Å². The fourth-order valence-corrected chi connectivity index (χ4v) is 4.79. The monoisotopic (exact) mass is 389 g/mol. The summed E-state index contributed by atoms with van der Waals surface area (Å²) in [7, 11) is 0. The number of carbonyl (C=O) groups is 1. The van der Waals surface area contributed by atoms with Crippen LogP contribution in [0.2, 0.25) is 0 Å². The van der Waals surface area contributed by atoms with Crippen LogP contribution in [0.15, 0.2) is 30.5 Å². The zero-order valence-corrected chi connectivity index (χ0v) is 17.3. The Morgan fingerprint density at radius 1 is 1.21 bits per heavy atom. The van der Waals surface area contributed by atoms with Gasteiger partial charge in [-0.2, -0.15) is 5.10 Å². The molecule has 5 rings (SSSR count). The molecule has 0 bridgehead atoms. The molecule has 1 N–H and O–H groups in total. The number of imidazole rings is 1. The van der Waals surface area contributed by atoms with Crippen molar-refractivity contribution in [2.75, 3.05) is 13.1 Å². The molecule has 1 saturated heterocycles. The lowest BCUT2D eigenvalue weighted by Crippen LogP contribution is -2.51. The summed E-state index contributed by atoms with van der Waals surface area (Å²) in [5.41, 5.74) is 6.90. The predicted molar refractivity (Wildman–Crippen MR) is 113 cm³/mol. The number of aromatic nitrogens is 3. The summed E-state index contributed by atoms with van der Waals surface area (Å²) < 4.78 is 1.85. The Bertz CT molecular complexity index is 1100. The van der Waals surface area contributed by atoms with Crippen molar-refractivity contribution in [2.45, 2.75) is 52.1 Å². The lowest BCUT2D eigenvalue weighted by atomic mass is 9.91. The summed E-state index contributed by atoms with van der Waals surface area (Å²) in [5, 5.41) is 8.22. The first kappa shape index (κ1) is 18.3. The van der Waals surface area contributed by atoms with Crippen LogP contribution in [0.1, 0.15) is 46.9 Å². The van der Waals surface area contributed by atoms with E-state index < -0.39 is 0 Å². The van der Waals surface area contributed by atoms with Gasteiger partial charge in [0.1, 0.15) is 0 Å². The first-order valence-electron chi connectivity index (χ1n) is 10.5. The van der Waals surface area contributed by atoms with Gasteiger partial charge in [-0.1, -0.05) is 6.07 Å². The van der Waals surface area contributed by atoms with Crippen molar-refractivity contribution in [3.63, 3.8) is 0 Å². The van der Waals surface area contributed by atoms with Crippen LogP contribution in [0.25, 0.3) is 16.9 Å². The Morgan fingerprint density at radius 2 is 2.07 bits per heavy atom. The van der Waals surface area contributed by atoms with Crippen LogP contribution in [0, 0.1) is 13.8 Å². The number of hydrogen-bond acceptors (Lipinski definition) is 4. The van der Waals surface area contributed by atoms with Crippen molar-refractivity contribution in [3.8, 4) is 11.3 Å². The molecule has 6 heteroatoms. The van der Waals surface area contributed by atoms with E-state index >= 15 is 0 Å². The molecule has 1 fully saturated rings. The van der Waals surface area contributed by atoms with E-state index in [1.807, 2.05) is 29.8 Å². The van der Waals surface area contributed by atoms with E-state index in [1.165, 1.54) is 0 Å². The van der Waals surface area contributed by atoms with Gasteiger partial charge in [-0.3, -0.25) is 4.79 Å². The number of hydrogen-bond donors (Lipinski definition) is 1. The minimum Gasteiger partial charge on any atom is -0.335 e. The second kappa shape index (κ2) is 6.95. The van der Waals surface area contributed by atoms with Crippen molar-refractivity contribution in [1.82, 2.24) is 24.8 Å². The van der Waals surface area contributed by atoms with Crippen LogP contribution >= 0.6 is 0 Å². The Balaban J connectivity index is 1.46. The number of piperidine rings is 1. The van der Waals surface area contributed by atoms with Crippen molar-refractivity contribution >= 4 is 11.6 Å². The predicted octanol–water partition coefficient (Wildman–Crippen LogP) is 3.15. The van der Waals surface area contributed by atoms with E-state index in [2.05, 4.69) is 41.2 Å². The third-order valence-electron chi connectivity index (χ3n) is 6.28. The maximum absolute atomic E-state index is 13.2. The molecule has 0 aliphatic carbocycles. The second-order valence-electron chi connectivity index (χ2n) is 8.52. The molecule has 2 atom stereocenters. The highest BCUT2D eigenvalue weighted by Crippen LogP contribution is 2.29. The normalized spacial score (nSPS) is 22.2. The van der Waals surface area contributed by atoms with E-state index in [0.29, 0.717) is 12.1 Å². The fraction of sp³-hybridized carbons (Fsp3) is 0.435. The maximum Gasteiger partial charge on any atom is 0.254 e. The average Bonchev–Trinajstić information content (AvgIpc) is 3.09. The molecule has 3 aromatic rings. The average molecular weight is 390 g/mol. The maximum atomic E-state index is 13.2. The summed E-state index contributed by atoms with van der Waals surface area (Å²) in [6, 6.07) is 9.07. The van der Waals surface area contributed by atoms with Crippen LogP contribution in [0.5, 0.6) is 0 Å². The van der Waals surface area contributed by atoms with Crippen molar-refractivity contribution < 1.29 is 4.79 Å². The quantitative estimate of drug-likeness (QED) is 0.731. The molecule has 150 valence electrons. The molecule has 0 spiro atoms. The summed E-state index contributed by atoms with van der Waals surface area (Å²) in [6.07, 6.45) is 4.92. The molecule has 2 aliphatic heterocycles. The summed E-state index contributed by atoms with van der Waals surface area (Å²) in [4.78, 5) is 19.8. The number of nitrogens with one attached hydrogen (secondary N) is 1. The summed E-state index contributed by atoms with van der Waals surface area (Å²) in [6.45, 7) is 8.04. The number of rotatable bonds is 2. The van der Waals surface area contributed by atoms with Gasteiger partial charge in [0.25, 0.3) is 5.91 Å². The highest BCUT2D eigenvalue weighted by molar-refractivity contribution is 5.97. The van der Waals surface area contributed by atoms with Crippen LogP contribution in [-0.2, 0) is 6.42 Å². The van der Waals surface area contributed by atoms with Crippen LogP contribution < -0.4 is 5.32 Å². The topological polar surface area (TPSA) is 62.5 Å². The molecule has 29 heavy (non-hydrogen) atoms. The largest absolute Gasteiger partial charge is 0.335 e. The van der Waals surface area contributed by atoms with Gasteiger partial charge in [0.2, 0.25) is 0 Å². The van der Waals surface area contributed by atoms with Gasteiger partial charge in [-0.25, -0.2) is 9.50 Å². The van der Waals surface area contributed by atoms with E-state index in [0.717, 1.165) is 71.6 Å². The number of fused-ring (bicyclic) bond motifs is 2. The molecule has 2 aliphatic rings. The lowest BCUT2D eigenvalue weighted by Gasteiger charge is -2.39. The third kappa shape index (κ3) is 3.21. The highest BCUT2D eigenvalue weighted by atomic mass is 16.2. The summed E-state index contributed by atoms with van der Waals surface area (Å²) in [5.74, 6) is 0.182. The van der Waals surface area contributed by atoms with Crippen LogP contribution in [0.3, 0.4) is 0 Å². The molecule has 0 saturated carbocycles. The SMILES string of the molecule is Cc1cn2nc(-c3ccc4c(c3)CCN([C@@H]3CCN[C@H](C)C3)C4=O)cc(C)c2n1. The molecule has 6 nitrogen and oxygen atoms in total. The van der Waals surface area contributed by atoms with Crippen molar-refractivity contribution in [1.29, 1.82) is 0 Å². The van der Waals surface area contributed by atoms with Gasteiger partial charge in [0.15, 0.2) is 5.65 Å². The molecule has 1 aromatic carbocycles. The fourth-order valence-electron chi connectivity index (χ4n) is 4.79. The van der Waals surface area contributed by atoms with Gasteiger partial charge >= 0.3 is 0 Å². The number of amides is 1. The molecule has 1 amide bonds. The zero-order chi connectivity index (χ0) is 20.1. The molecule has 4 heterocycles. The summed E-state index contributed by atoms with van der Waals surface area (Å²) >= 11 is 0. The van der Waals surface area contributed by atoms with Gasteiger partial charge < -0.3 is 10.2 Å². The molecule has 0 radical (unpaired) electrons. The Kier molecular flexibility index (Phi) is 4.39. The zero-order valence-electron chi connectivity index (χ0n) is 17.3. The molecular formula is C23H27N5O. The van der Waals surface area contributed by atoms with Crippen molar-refractivity contribution in [3.05, 3.63) is 52.8 Å². The van der Waals surface area contributed by atoms with E-state index in [1.54, 1.807) is 0 Å². The standard InChI is InChI=1S/C23H27N5O/c1-14-10-21(26-28-13-16(3)25-22(14)28)18-4-5-20-17(12-18)7-9-27(23(20)29)19-6-8-24-15(2)11-19/h4-5,10,12-13,15,19,24H,6-9,11H2,1-3H3/t15-,19-/m1/s1. The second-order valence-corrected chi connectivity index (χ2v) is 8.52. The Labute approximate surface area is 170 Å². The smallest absolute Gasteiger partial charge is 0.254 e. The number of nitrogens with zero attached hydrogens (tertiary/aromatic N) is 4. The third-order valence-corrected chi connectivity index (χ3v) is 6.28. The number of carbonyl (C=O) groups excluding carboxylic acids is 1. The van der Waals surface area contributed by atoms with E-state index in [-0.39, 0.29) is 5.91 Å². The van der Waals surface area contributed by atoms with Gasteiger partial charge in [-0.15, -0.1) is 0 Å². The highest BCUT2D eigenvalue weighted by Gasteiger charge is 2.32. The van der Waals surface area contributed by atoms with Crippen molar-refractivity contribution in [2.24, 2.45) is 0 Å². The van der Waals surface area contributed by atoms with Gasteiger partial charge in [0, 0.05) is 29.8 Å². The van der Waals surface area contributed by atoms with Gasteiger partial charge in [0.05, 0.1) is 17.6 Å². The molecule has 2 aromatic heterocycles. The minimum absolute atomic E-state index is 0.182. The number of aryl methyl sites for hydroxylation is 2. The van der Waals surface area contributed by atoms with E-state index in [9.17, 15) is 4.79 Å². The molecule has 0 unspecified atom stereocenters. The van der Waals surface area contributed by atoms with Crippen LogP contribution in [-0.4, -0.2) is 50.6 Å². The van der Waals surface area contributed by atoms with Crippen LogP contribution in [0.4, 0.5) is 0 Å². The van der Waals surface area contributed by atoms with Gasteiger partial charge in [-0.05, 0) is 75.9 Å². The molecular weight excluding hydrogens is 362 g/mol. The minimum atomic E-state index is 0.182. The Hall–Kier alpha value is -2.73.